The van der Waals surface area contributed by atoms with E-state index >= 15 is 0 Å². The number of hydrogen-bond donors (Lipinski definition) is 2. The molecule has 2 aromatic heterocycles. The number of amides is 1. The van der Waals surface area contributed by atoms with Crippen LogP contribution in [0.5, 0.6) is 11.5 Å². The molecule has 4 atom stereocenters. The van der Waals surface area contributed by atoms with Gasteiger partial charge in [0.15, 0.2) is 0 Å². The number of nitrogens with one attached hydrogen (secondary N) is 2. The van der Waals surface area contributed by atoms with Crippen molar-refractivity contribution in [3.8, 4) is 22.6 Å². The van der Waals surface area contributed by atoms with Crippen molar-refractivity contribution < 1.29 is 32.8 Å². The number of anilines is 1. The summed E-state index contributed by atoms with van der Waals surface area (Å²) in [5.74, 6) is 0.852. The molecule has 1 aliphatic heterocycles. The van der Waals surface area contributed by atoms with Crippen LogP contribution in [0.1, 0.15) is 60.2 Å². The molecule has 1 saturated heterocycles. The van der Waals surface area contributed by atoms with E-state index in [-0.39, 0.29) is 41.5 Å². The number of nitrogens with zero attached hydrogens (tertiary/aromatic N) is 3. The molecule has 2 N–H and O–H groups in total. The predicted octanol–water partition coefficient (Wildman–Crippen LogP) is 8.64. The molecule has 1 fully saturated rings. The number of carbonyl (C=O) groups is 1. The van der Waals surface area contributed by atoms with Crippen molar-refractivity contribution in [2.75, 3.05) is 32.8 Å². The van der Waals surface area contributed by atoms with Crippen LogP contribution in [0.3, 0.4) is 0 Å². The molecule has 0 saturated carbocycles. The Labute approximate surface area is 378 Å². The number of benzene rings is 5. The molecular weight excluding hydrogens is 896 g/mol. The zero-order valence-electron chi connectivity index (χ0n) is 35.7. The van der Waals surface area contributed by atoms with Crippen LogP contribution in [0, 0.1) is 5.92 Å². The number of hydrogen-bond acceptors (Lipinski definition) is 10. The average Bonchev–Trinajstić information content (AvgIpc) is 4.03. The number of ether oxygens (including phenoxy) is 4. The van der Waals surface area contributed by atoms with E-state index in [9.17, 15) is 9.59 Å². The fourth-order valence-electron chi connectivity index (χ4n) is 8.59. The minimum atomic E-state index is -1.56. The van der Waals surface area contributed by atoms with Gasteiger partial charge in [-0.1, -0.05) is 13.8 Å². The average molecular weight is 944 g/mol. The number of imidazole rings is 1. The zero-order chi connectivity index (χ0) is 44.4. The van der Waals surface area contributed by atoms with Crippen LogP contribution in [0.2, 0.25) is 0 Å². The number of aromatic amines is 1. The Hall–Kier alpha value is -5.82. The topological polar surface area (TPSA) is 148 Å². The van der Waals surface area contributed by atoms with Gasteiger partial charge in [0.05, 0.1) is 14.2 Å². The van der Waals surface area contributed by atoms with Crippen molar-refractivity contribution in [1.82, 2.24) is 19.5 Å². The molecule has 64 heavy (non-hydrogen) atoms. The van der Waals surface area contributed by atoms with Gasteiger partial charge in [-0.2, -0.15) is 0 Å². The van der Waals surface area contributed by atoms with Crippen molar-refractivity contribution in [2.45, 2.75) is 50.2 Å². The zero-order valence-corrected chi connectivity index (χ0v) is 38.3. The van der Waals surface area contributed by atoms with E-state index in [1.807, 2.05) is 78.9 Å². The molecule has 1 amide bonds. The summed E-state index contributed by atoms with van der Waals surface area (Å²) >= 11 is 3.17. The molecule has 326 valence electrons. The number of rotatable bonds is 16. The minimum absolute atomic E-state index is 0.0189. The molecule has 1 aliphatic carbocycles. The van der Waals surface area contributed by atoms with E-state index in [1.54, 1.807) is 32.6 Å². The fraction of sp³-hybridized carbons (Fsp3) is 0.265. The number of aromatic nitrogens is 4. The molecule has 2 aliphatic rings. The first kappa shape index (κ1) is 43.4. The Morgan fingerprint density at radius 3 is 2.02 bits per heavy atom. The van der Waals surface area contributed by atoms with Gasteiger partial charge in [-0.3, -0.25) is 0 Å². The third-order valence-electron chi connectivity index (χ3n) is 11.9. The maximum atomic E-state index is 13.2. The maximum absolute atomic E-state index is 13.2. The number of fused-ring (bicyclic) bond motifs is 4. The molecule has 0 radical (unpaired) electrons. The number of H-pyrrole nitrogens is 1. The molecule has 7 aromatic rings. The standard InChI is InChI=1S/C49H46N5O8PSe/c1-30(2)46(55)52-48-51-45-44(47(56)53-48)50-29-54(45)43-26-41(62-63(64)60-27-40-38-16-10-8-14-36(38)37-15-9-11-17-39(37)40)42(61-43)28-59-49(31-12-6-5-7-13-31,32-18-22-34(57-3)23-19-32)33-20-24-35(58-4)25-21-33/h5-25,29-30,40-43H,26-28H2,1-4H3,(H-,51,52,53,55,56)/p+1/t41-,42+,43+/m0/s1. The third-order valence-corrected chi connectivity index (χ3v) is 13.9. The number of methoxy groups -OCH3 is 2. The van der Waals surface area contributed by atoms with Gasteiger partial charge in [-0.05, 0) is 0 Å². The van der Waals surface area contributed by atoms with Gasteiger partial charge in [0.2, 0.25) is 0 Å². The molecular formula is C49H47N5O8PSe+. The van der Waals surface area contributed by atoms with Gasteiger partial charge < -0.3 is 0 Å². The van der Waals surface area contributed by atoms with Gasteiger partial charge in [-0.25, -0.2) is 0 Å². The van der Waals surface area contributed by atoms with Gasteiger partial charge >= 0.3 is 352 Å². The first-order valence-corrected chi connectivity index (χ1v) is 24.4. The first-order chi connectivity index (χ1) is 31.2. The first-order valence-electron chi connectivity index (χ1n) is 21.0. The van der Waals surface area contributed by atoms with E-state index in [2.05, 4.69) is 83.9 Å². The Morgan fingerprint density at radius 2 is 1.42 bits per heavy atom. The van der Waals surface area contributed by atoms with Gasteiger partial charge in [0.25, 0.3) is 0 Å². The van der Waals surface area contributed by atoms with E-state index < -0.39 is 36.2 Å². The van der Waals surface area contributed by atoms with Crippen molar-refractivity contribution in [2.24, 2.45) is 5.92 Å². The molecule has 3 heterocycles. The summed E-state index contributed by atoms with van der Waals surface area (Å²) in [6.45, 7) is 2.43. The monoisotopic (exact) mass is 944 g/mol. The van der Waals surface area contributed by atoms with Crippen LogP contribution in [-0.4, -0.2) is 80.2 Å². The van der Waals surface area contributed by atoms with Gasteiger partial charge in [0.1, 0.15) is 0 Å². The summed E-state index contributed by atoms with van der Waals surface area (Å²) in [6.07, 6.45) is -0.0263. The molecule has 0 spiro atoms. The van der Waals surface area contributed by atoms with Crippen LogP contribution < -0.4 is 20.3 Å². The summed E-state index contributed by atoms with van der Waals surface area (Å²) < 4.78 is 40.5. The van der Waals surface area contributed by atoms with Crippen molar-refractivity contribution >= 4 is 44.7 Å². The SMILES string of the molecule is COc1ccc(C(OC[C@H]2O[C@@H](n3cnc4c(=O)[nH]c(NC(=O)C(C)C)nc43)C[C@@H]2O[P+](=[Se])OCC2c3ccccc3-c3ccccc32)(c2ccccc2)c2ccc(OC)cc2)cc1. The van der Waals surface area contributed by atoms with Crippen LogP contribution in [0.4, 0.5) is 5.95 Å². The van der Waals surface area contributed by atoms with Crippen molar-refractivity contribution in [3.63, 3.8) is 0 Å². The van der Waals surface area contributed by atoms with Crippen LogP contribution >= 0.6 is 6.62 Å². The summed E-state index contributed by atoms with van der Waals surface area (Å²) in [5, 5.41) is 2.71. The van der Waals surface area contributed by atoms with E-state index in [1.165, 1.54) is 28.6 Å². The van der Waals surface area contributed by atoms with E-state index in [4.69, 9.17) is 28.0 Å². The Morgan fingerprint density at radius 1 is 0.844 bits per heavy atom. The number of carbonyl (C=O) groups excluding carboxylic acids is 1. The summed E-state index contributed by atoms with van der Waals surface area (Å²) in [4.78, 5) is 37.6. The second-order valence-electron chi connectivity index (χ2n) is 16.0. The summed E-state index contributed by atoms with van der Waals surface area (Å²) in [5.41, 5.74) is 6.22. The quantitative estimate of drug-likeness (QED) is 0.0548. The summed E-state index contributed by atoms with van der Waals surface area (Å²) in [6, 6.07) is 42.6. The van der Waals surface area contributed by atoms with Crippen LogP contribution in [0.25, 0.3) is 22.3 Å². The molecule has 0 bridgehead atoms. The predicted molar refractivity (Wildman–Crippen MR) is 246 cm³/mol. The third kappa shape index (κ3) is 8.46. The Balaban J connectivity index is 1.06. The summed E-state index contributed by atoms with van der Waals surface area (Å²) in [7, 11) is 3.28. The Kier molecular flexibility index (Phi) is 12.7. The Bertz CT molecular complexity index is 2760. The fourth-order valence-corrected chi connectivity index (χ4v) is 10.4. The van der Waals surface area contributed by atoms with E-state index in [0.717, 1.165) is 16.7 Å². The second-order valence-corrected chi connectivity index (χ2v) is 18.7. The second kappa shape index (κ2) is 18.7. The molecule has 5 aromatic carbocycles. The van der Waals surface area contributed by atoms with Crippen molar-refractivity contribution in [3.05, 3.63) is 172 Å². The van der Waals surface area contributed by atoms with Crippen molar-refractivity contribution in [1.29, 1.82) is 0 Å². The van der Waals surface area contributed by atoms with Gasteiger partial charge in [-0.15, -0.1) is 0 Å². The van der Waals surface area contributed by atoms with E-state index in [0.29, 0.717) is 24.5 Å². The normalized spacial score (nSPS) is 17.3. The van der Waals surface area contributed by atoms with Crippen LogP contribution in [0.15, 0.2) is 139 Å². The molecule has 1 unspecified atom stereocenters. The molecule has 13 nitrogen and oxygen atoms in total. The van der Waals surface area contributed by atoms with Crippen LogP contribution in [-0.2, 0) is 28.9 Å². The van der Waals surface area contributed by atoms with Gasteiger partial charge in [0, 0.05) is 0 Å². The molecule has 15 heteroatoms. The molecule has 9 rings (SSSR count).